The summed E-state index contributed by atoms with van der Waals surface area (Å²) in [6, 6.07) is 6.48. The third-order valence-corrected chi connectivity index (χ3v) is 5.68. The molecule has 1 aromatic heterocycles. The molecule has 1 saturated heterocycles. The number of benzene rings is 1. The van der Waals surface area contributed by atoms with Crippen LogP contribution in [0.1, 0.15) is 59.8 Å². The van der Waals surface area contributed by atoms with Crippen molar-refractivity contribution < 1.29 is 17.1 Å². The first kappa shape index (κ1) is 17.4. The quantitative estimate of drug-likeness (QED) is 0.832. The summed E-state index contributed by atoms with van der Waals surface area (Å²) >= 11 is 0. The maximum atomic E-state index is 12.4. The highest BCUT2D eigenvalue weighted by Crippen LogP contribution is 2.37. The van der Waals surface area contributed by atoms with Crippen LogP contribution in [0.15, 0.2) is 24.4 Å². The van der Waals surface area contributed by atoms with Gasteiger partial charge in [0.1, 0.15) is 11.9 Å². The summed E-state index contributed by atoms with van der Waals surface area (Å²) in [5.74, 6) is 1.45. The van der Waals surface area contributed by atoms with Crippen LogP contribution in [0, 0.1) is 0 Å². The van der Waals surface area contributed by atoms with E-state index in [4.69, 9.17) is 9.47 Å². The summed E-state index contributed by atoms with van der Waals surface area (Å²) in [7, 11) is 0. The minimum absolute atomic E-state index is 0. The van der Waals surface area contributed by atoms with Gasteiger partial charge in [-0.05, 0) is 68.7 Å². The van der Waals surface area contributed by atoms with Gasteiger partial charge in [0.15, 0.2) is 0 Å². The van der Waals surface area contributed by atoms with Gasteiger partial charge >= 0.3 is 0 Å². The minimum Gasteiger partial charge on any atom is -0.494 e. The van der Waals surface area contributed by atoms with Crippen LogP contribution in [0.4, 0.5) is 0 Å². The summed E-state index contributed by atoms with van der Waals surface area (Å²) < 4.78 is 11.2. The molecule has 0 radical (unpaired) electrons. The smallest absolute Gasteiger partial charge is 0.249 e. The van der Waals surface area contributed by atoms with Crippen LogP contribution in [0.2, 0.25) is 0 Å². The summed E-state index contributed by atoms with van der Waals surface area (Å²) in [6.07, 6.45) is 8.09. The van der Waals surface area contributed by atoms with E-state index in [2.05, 4.69) is 28.6 Å². The van der Waals surface area contributed by atoms with Crippen molar-refractivity contribution in [2.45, 2.75) is 63.5 Å². The lowest BCUT2D eigenvalue weighted by atomic mass is 9.81. The van der Waals surface area contributed by atoms with E-state index in [1.165, 1.54) is 10.9 Å². The number of aromatic amines is 1. The Hall–Kier alpha value is -2.01. The van der Waals surface area contributed by atoms with Crippen LogP contribution >= 0.6 is 0 Å². The van der Waals surface area contributed by atoms with Crippen LogP contribution in [-0.2, 0) is 9.53 Å². The molecule has 1 aliphatic carbocycles. The van der Waals surface area contributed by atoms with Gasteiger partial charge in [0, 0.05) is 32.6 Å². The van der Waals surface area contributed by atoms with Crippen LogP contribution in [0.25, 0.3) is 10.9 Å². The Kier molecular flexibility index (Phi) is 5.16. The highest BCUT2D eigenvalue weighted by Gasteiger charge is 2.29. The third-order valence-electron chi connectivity index (χ3n) is 5.68. The number of hydrogen-bond acceptors (Lipinski definition) is 3. The van der Waals surface area contributed by atoms with Gasteiger partial charge in [-0.25, -0.2) is 0 Å². The van der Waals surface area contributed by atoms with Crippen molar-refractivity contribution in [3.8, 4) is 5.75 Å². The number of rotatable bonds is 5. The molecule has 0 bridgehead atoms. The SMILES string of the molecule is CCOc1ccc2[nH]cc([C@H]3CCC[C@@H](NC(=O)[C@@H]4CCCO4)C3)c2c1.[HH].[HH]. The molecular formula is C21H32N2O3. The summed E-state index contributed by atoms with van der Waals surface area (Å²) in [5, 5.41) is 4.48. The van der Waals surface area contributed by atoms with Crippen LogP contribution in [0.5, 0.6) is 5.75 Å². The molecule has 1 aromatic carbocycles. The van der Waals surface area contributed by atoms with E-state index in [0.29, 0.717) is 19.1 Å². The molecule has 1 aliphatic heterocycles. The van der Waals surface area contributed by atoms with Crippen LogP contribution in [-0.4, -0.2) is 36.3 Å². The highest BCUT2D eigenvalue weighted by molar-refractivity contribution is 5.85. The Labute approximate surface area is 157 Å². The van der Waals surface area contributed by atoms with E-state index in [1.54, 1.807) is 0 Å². The Morgan fingerprint density at radius 3 is 3.08 bits per heavy atom. The normalized spacial score (nSPS) is 26.1. The molecule has 2 N–H and O–H groups in total. The zero-order valence-corrected chi connectivity index (χ0v) is 15.4. The molecule has 2 fully saturated rings. The lowest BCUT2D eigenvalue weighted by Crippen LogP contribution is -2.43. The number of carbonyl (C=O) groups is 1. The molecule has 2 aromatic rings. The van der Waals surface area contributed by atoms with E-state index in [9.17, 15) is 4.79 Å². The lowest BCUT2D eigenvalue weighted by molar-refractivity contribution is -0.131. The van der Waals surface area contributed by atoms with Gasteiger partial charge in [0.25, 0.3) is 0 Å². The van der Waals surface area contributed by atoms with Crippen molar-refractivity contribution >= 4 is 16.8 Å². The molecule has 3 atom stereocenters. The average Bonchev–Trinajstić information content (AvgIpc) is 3.32. The lowest BCUT2D eigenvalue weighted by Gasteiger charge is -2.30. The molecule has 5 heteroatoms. The number of hydrogen-bond donors (Lipinski definition) is 2. The molecule has 144 valence electrons. The summed E-state index contributed by atoms with van der Waals surface area (Å²) in [5.41, 5.74) is 2.49. The fourth-order valence-electron chi connectivity index (χ4n) is 4.40. The fourth-order valence-corrected chi connectivity index (χ4v) is 4.40. The second kappa shape index (κ2) is 7.70. The van der Waals surface area contributed by atoms with Gasteiger partial charge in [-0.1, -0.05) is 6.42 Å². The number of nitrogens with one attached hydrogen (secondary N) is 2. The number of H-pyrrole nitrogens is 1. The van der Waals surface area contributed by atoms with Crippen molar-refractivity contribution in [3.05, 3.63) is 30.0 Å². The molecular weight excluding hydrogens is 328 g/mol. The van der Waals surface area contributed by atoms with Crippen molar-refractivity contribution in [1.82, 2.24) is 10.3 Å². The Balaban J connectivity index is 0.00000140. The number of aromatic nitrogens is 1. The second-order valence-corrected chi connectivity index (χ2v) is 7.46. The fraction of sp³-hybridized carbons (Fsp3) is 0.571. The van der Waals surface area contributed by atoms with Gasteiger partial charge in [0.2, 0.25) is 5.91 Å². The predicted molar refractivity (Wildman–Crippen MR) is 106 cm³/mol. The largest absolute Gasteiger partial charge is 0.494 e. The van der Waals surface area contributed by atoms with Gasteiger partial charge in [0.05, 0.1) is 6.61 Å². The monoisotopic (exact) mass is 360 g/mol. The van der Waals surface area contributed by atoms with E-state index in [-0.39, 0.29) is 20.9 Å². The van der Waals surface area contributed by atoms with Crippen LogP contribution in [0.3, 0.4) is 0 Å². The van der Waals surface area contributed by atoms with E-state index < -0.39 is 0 Å². The van der Waals surface area contributed by atoms with Crippen molar-refractivity contribution in [1.29, 1.82) is 0 Å². The third kappa shape index (κ3) is 3.58. The molecule has 4 rings (SSSR count). The number of fused-ring (bicyclic) bond motifs is 1. The van der Waals surface area contributed by atoms with E-state index in [1.807, 2.05) is 13.0 Å². The zero-order chi connectivity index (χ0) is 17.9. The van der Waals surface area contributed by atoms with Crippen molar-refractivity contribution in [2.75, 3.05) is 13.2 Å². The first-order valence-electron chi connectivity index (χ1n) is 9.90. The van der Waals surface area contributed by atoms with E-state index in [0.717, 1.165) is 49.8 Å². The number of ether oxygens (including phenoxy) is 2. The Bertz CT molecular complexity index is 774. The first-order chi connectivity index (χ1) is 12.7. The Morgan fingerprint density at radius 2 is 2.27 bits per heavy atom. The van der Waals surface area contributed by atoms with Crippen LogP contribution < -0.4 is 10.1 Å². The maximum absolute atomic E-state index is 12.4. The molecule has 1 amide bonds. The molecule has 2 aliphatic rings. The van der Waals surface area contributed by atoms with Crippen molar-refractivity contribution in [3.63, 3.8) is 0 Å². The number of carbonyl (C=O) groups excluding carboxylic acids is 1. The van der Waals surface area contributed by atoms with Gasteiger partial charge in [-0.15, -0.1) is 0 Å². The van der Waals surface area contributed by atoms with Crippen molar-refractivity contribution in [2.24, 2.45) is 0 Å². The van der Waals surface area contributed by atoms with Gasteiger partial charge in [-0.3, -0.25) is 4.79 Å². The second-order valence-electron chi connectivity index (χ2n) is 7.46. The average molecular weight is 360 g/mol. The molecule has 26 heavy (non-hydrogen) atoms. The maximum Gasteiger partial charge on any atom is 0.249 e. The summed E-state index contributed by atoms with van der Waals surface area (Å²) in [4.78, 5) is 15.8. The van der Waals surface area contributed by atoms with E-state index >= 15 is 0 Å². The molecule has 0 unspecified atom stereocenters. The molecule has 5 nitrogen and oxygen atoms in total. The summed E-state index contributed by atoms with van der Waals surface area (Å²) in [6.45, 7) is 3.39. The number of amides is 1. The standard InChI is InChI=1S/C21H28N2O3.2H2/c1-2-25-16-8-9-19-17(12-16)18(13-22-19)14-5-3-6-15(11-14)23-21(24)20-7-4-10-26-20;;/h8-9,12-15,20,22H,2-7,10-11H2,1H3,(H,23,24);2*1H/t14-,15+,20-;;/m0../s1. The first-order valence-corrected chi connectivity index (χ1v) is 9.90. The molecule has 0 spiro atoms. The minimum atomic E-state index is -0.239. The topological polar surface area (TPSA) is 63.3 Å². The zero-order valence-electron chi connectivity index (χ0n) is 15.4. The molecule has 2 heterocycles. The highest BCUT2D eigenvalue weighted by atomic mass is 16.5. The van der Waals surface area contributed by atoms with Gasteiger partial charge < -0.3 is 19.8 Å². The predicted octanol–water partition coefficient (Wildman–Crippen LogP) is 4.38. The molecule has 1 saturated carbocycles. The van der Waals surface area contributed by atoms with Gasteiger partial charge in [-0.2, -0.15) is 0 Å². The Morgan fingerprint density at radius 1 is 1.35 bits per heavy atom.